The summed E-state index contributed by atoms with van der Waals surface area (Å²) in [5, 5.41) is 3.53. The standard InChI is InChI=1S/C15H19BrFN/c1-10(2)12(9-18-14-5-6-14)7-11-3-4-13(17)8-15(11)16/h3-4,7-8,10,14,18H,5-6,9H2,1-2H3/b12-7+. The molecule has 0 aliphatic heterocycles. The van der Waals surface area contributed by atoms with Crippen molar-refractivity contribution in [2.24, 2.45) is 5.92 Å². The molecule has 2 rings (SSSR count). The van der Waals surface area contributed by atoms with Gasteiger partial charge in [0.25, 0.3) is 0 Å². The molecule has 0 amide bonds. The molecule has 18 heavy (non-hydrogen) atoms. The Bertz CT molecular complexity index is 450. The number of hydrogen-bond donors (Lipinski definition) is 1. The lowest BCUT2D eigenvalue weighted by Crippen LogP contribution is -2.21. The summed E-state index contributed by atoms with van der Waals surface area (Å²) in [5.74, 6) is 0.287. The van der Waals surface area contributed by atoms with E-state index >= 15 is 0 Å². The molecule has 1 aromatic rings. The summed E-state index contributed by atoms with van der Waals surface area (Å²) < 4.78 is 13.9. The molecule has 1 aliphatic rings. The molecule has 0 saturated heterocycles. The van der Waals surface area contributed by atoms with Gasteiger partial charge in [0.15, 0.2) is 0 Å². The summed E-state index contributed by atoms with van der Waals surface area (Å²) >= 11 is 3.41. The number of nitrogens with one attached hydrogen (secondary N) is 1. The van der Waals surface area contributed by atoms with Crippen LogP contribution in [0.15, 0.2) is 28.2 Å². The molecule has 1 nitrogen and oxygen atoms in total. The van der Waals surface area contributed by atoms with Crippen LogP contribution >= 0.6 is 15.9 Å². The van der Waals surface area contributed by atoms with Crippen molar-refractivity contribution in [2.75, 3.05) is 6.54 Å². The van der Waals surface area contributed by atoms with Crippen LogP contribution in [-0.2, 0) is 0 Å². The van der Waals surface area contributed by atoms with Crippen LogP contribution in [-0.4, -0.2) is 12.6 Å². The van der Waals surface area contributed by atoms with Gasteiger partial charge in [-0.25, -0.2) is 4.39 Å². The third-order valence-electron chi connectivity index (χ3n) is 3.22. The minimum absolute atomic E-state index is 0.207. The van der Waals surface area contributed by atoms with E-state index in [-0.39, 0.29) is 5.82 Å². The highest BCUT2D eigenvalue weighted by molar-refractivity contribution is 9.10. The van der Waals surface area contributed by atoms with E-state index in [1.807, 2.05) is 6.07 Å². The van der Waals surface area contributed by atoms with E-state index in [0.29, 0.717) is 12.0 Å². The lowest BCUT2D eigenvalue weighted by molar-refractivity contribution is 0.626. The molecular weight excluding hydrogens is 293 g/mol. The lowest BCUT2D eigenvalue weighted by atomic mass is 10.00. The monoisotopic (exact) mass is 311 g/mol. The molecule has 1 N–H and O–H groups in total. The number of halogens is 2. The largest absolute Gasteiger partial charge is 0.310 e. The fourth-order valence-corrected chi connectivity index (χ4v) is 2.26. The molecule has 0 radical (unpaired) electrons. The SMILES string of the molecule is CC(C)/C(=C/c1ccc(F)cc1Br)CNC1CC1. The summed E-state index contributed by atoms with van der Waals surface area (Å²) in [4.78, 5) is 0. The van der Waals surface area contributed by atoms with Crippen molar-refractivity contribution in [1.82, 2.24) is 5.32 Å². The van der Waals surface area contributed by atoms with E-state index in [1.165, 1.54) is 30.5 Å². The highest BCUT2D eigenvalue weighted by atomic mass is 79.9. The summed E-state index contributed by atoms with van der Waals surface area (Å²) in [6.45, 7) is 5.31. The van der Waals surface area contributed by atoms with Crippen LogP contribution in [0.25, 0.3) is 6.08 Å². The van der Waals surface area contributed by atoms with Gasteiger partial charge in [-0.3, -0.25) is 0 Å². The van der Waals surface area contributed by atoms with Gasteiger partial charge in [0.1, 0.15) is 5.82 Å². The van der Waals surface area contributed by atoms with Gasteiger partial charge < -0.3 is 5.32 Å². The Kier molecular flexibility index (Phi) is 4.57. The molecule has 0 aromatic heterocycles. The third kappa shape index (κ3) is 3.92. The van der Waals surface area contributed by atoms with Gasteiger partial charge in [0.2, 0.25) is 0 Å². The van der Waals surface area contributed by atoms with Gasteiger partial charge in [0.05, 0.1) is 0 Å². The van der Waals surface area contributed by atoms with E-state index in [0.717, 1.165) is 16.6 Å². The Hall–Kier alpha value is -0.670. The van der Waals surface area contributed by atoms with E-state index < -0.39 is 0 Å². The topological polar surface area (TPSA) is 12.0 Å². The van der Waals surface area contributed by atoms with Crippen LogP contribution in [0.4, 0.5) is 4.39 Å². The second kappa shape index (κ2) is 5.98. The normalized spacial score (nSPS) is 16.4. The van der Waals surface area contributed by atoms with Crippen LogP contribution in [0.5, 0.6) is 0 Å². The molecule has 98 valence electrons. The predicted octanol–water partition coefficient (Wildman–Crippen LogP) is 4.38. The summed E-state index contributed by atoms with van der Waals surface area (Å²) in [6.07, 6.45) is 4.75. The maximum atomic E-state index is 13.0. The average Bonchev–Trinajstić information content (AvgIpc) is 3.10. The van der Waals surface area contributed by atoms with E-state index in [1.54, 1.807) is 0 Å². The van der Waals surface area contributed by atoms with Gasteiger partial charge in [-0.05, 0) is 36.5 Å². The molecule has 1 aliphatic carbocycles. The summed E-state index contributed by atoms with van der Waals surface area (Å²) in [6, 6.07) is 5.55. The molecular formula is C15H19BrFN. The van der Waals surface area contributed by atoms with E-state index in [9.17, 15) is 4.39 Å². The lowest BCUT2D eigenvalue weighted by Gasteiger charge is -2.13. The van der Waals surface area contributed by atoms with Gasteiger partial charge in [-0.2, -0.15) is 0 Å². The van der Waals surface area contributed by atoms with Gasteiger partial charge in [-0.1, -0.05) is 47.5 Å². The highest BCUT2D eigenvalue weighted by Crippen LogP contribution is 2.24. The van der Waals surface area contributed by atoms with Crippen molar-refractivity contribution in [3.8, 4) is 0 Å². The van der Waals surface area contributed by atoms with Crippen LogP contribution in [0, 0.1) is 11.7 Å². The van der Waals surface area contributed by atoms with Crippen LogP contribution in [0.3, 0.4) is 0 Å². The highest BCUT2D eigenvalue weighted by Gasteiger charge is 2.20. The van der Waals surface area contributed by atoms with Gasteiger partial charge in [0, 0.05) is 17.1 Å². The Labute approximate surface area is 117 Å². The first-order valence-electron chi connectivity index (χ1n) is 6.45. The maximum absolute atomic E-state index is 13.0. The predicted molar refractivity (Wildman–Crippen MR) is 77.9 cm³/mol. The van der Waals surface area contributed by atoms with Crippen molar-refractivity contribution in [3.05, 3.63) is 39.6 Å². The minimum atomic E-state index is -0.207. The van der Waals surface area contributed by atoms with E-state index in [4.69, 9.17) is 0 Å². The van der Waals surface area contributed by atoms with Crippen LogP contribution < -0.4 is 5.32 Å². The first-order chi connectivity index (χ1) is 8.56. The molecule has 0 spiro atoms. The van der Waals surface area contributed by atoms with Crippen molar-refractivity contribution < 1.29 is 4.39 Å². The Morgan fingerprint density at radius 3 is 2.78 bits per heavy atom. The quantitative estimate of drug-likeness (QED) is 0.851. The number of rotatable bonds is 5. The number of hydrogen-bond acceptors (Lipinski definition) is 1. The zero-order chi connectivity index (χ0) is 13.1. The minimum Gasteiger partial charge on any atom is -0.310 e. The average molecular weight is 312 g/mol. The van der Waals surface area contributed by atoms with Crippen molar-refractivity contribution in [2.45, 2.75) is 32.7 Å². The smallest absolute Gasteiger partial charge is 0.124 e. The first kappa shape index (κ1) is 13.8. The Morgan fingerprint density at radius 1 is 1.50 bits per heavy atom. The molecule has 1 aromatic carbocycles. The Morgan fingerprint density at radius 2 is 2.22 bits per heavy atom. The Balaban J connectivity index is 2.14. The van der Waals surface area contributed by atoms with Crippen molar-refractivity contribution in [3.63, 3.8) is 0 Å². The van der Waals surface area contributed by atoms with Crippen LogP contribution in [0.2, 0.25) is 0 Å². The molecule has 0 unspecified atom stereocenters. The van der Waals surface area contributed by atoms with Crippen molar-refractivity contribution in [1.29, 1.82) is 0 Å². The van der Waals surface area contributed by atoms with Gasteiger partial charge >= 0.3 is 0 Å². The van der Waals surface area contributed by atoms with Crippen LogP contribution in [0.1, 0.15) is 32.3 Å². The molecule has 1 saturated carbocycles. The summed E-state index contributed by atoms with van der Waals surface area (Å²) in [5.41, 5.74) is 2.40. The fraction of sp³-hybridized carbons (Fsp3) is 0.467. The number of benzene rings is 1. The molecule has 1 fully saturated rings. The molecule has 0 heterocycles. The molecule has 3 heteroatoms. The van der Waals surface area contributed by atoms with Crippen molar-refractivity contribution >= 4 is 22.0 Å². The fourth-order valence-electron chi connectivity index (χ4n) is 1.79. The summed E-state index contributed by atoms with van der Waals surface area (Å²) in [7, 11) is 0. The van der Waals surface area contributed by atoms with Gasteiger partial charge in [-0.15, -0.1) is 0 Å². The zero-order valence-electron chi connectivity index (χ0n) is 10.8. The zero-order valence-corrected chi connectivity index (χ0v) is 12.4. The van der Waals surface area contributed by atoms with E-state index in [2.05, 4.69) is 41.2 Å². The second-order valence-electron chi connectivity index (χ2n) is 5.19. The second-order valence-corrected chi connectivity index (χ2v) is 6.05. The third-order valence-corrected chi connectivity index (χ3v) is 3.90. The first-order valence-corrected chi connectivity index (χ1v) is 7.24. The maximum Gasteiger partial charge on any atom is 0.124 e. The molecule has 0 atom stereocenters. The molecule has 0 bridgehead atoms.